The van der Waals surface area contributed by atoms with Gasteiger partial charge in [-0.3, -0.25) is 14.5 Å². The number of carbonyl (C=O) groups excluding carboxylic acids is 2. The molecule has 1 aliphatic heterocycles. The molecule has 1 saturated heterocycles. The summed E-state index contributed by atoms with van der Waals surface area (Å²) in [6.45, 7) is 1.71. The van der Waals surface area contributed by atoms with E-state index < -0.39 is 29.3 Å². The van der Waals surface area contributed by atoms with E-state index in [1.54, 1.807) is 31.2 Å². The number of carbonyl (C=O) groups is 2. The van der Waals surface area contributed by atoms with E-state index in [1.165, 1.54) is 13.2 Å². The monoisotopic (exact) mass is 459 g/mol. The maximum absolute atomic E-state index is 13.9. The molecule has 0 radical (unpaired) electrons. The van der Waals surface area contributed by atoms with Crippen LogP contribution in [-0.2, 0) is 9.59 Å². The van der Waals surface area contributed by atoms with Crippen LogP contribution in [0.5, 0.6) is 5.75 Å². The maximum Gasteiger partial charge on any atom is 0.301 e. The normalized spacial score (nSPS) is 17.9. The lowest BCUT2D eigenvalue weighted by atomic mass is 9.95. The fourth-order valence-electron chi connectivity index (χ4n) is 3.42. The lowest BCUT2D eigenvalue weighted by Gasteiger charge is -2.23. The van der Waals surface area contributed by atoms with E-state index in [1.807, 2.05) is 0 Å². The number of aliphatic hydroxyl groups excluding tert-OH is 1. The Labute approximate surface area is 185 Å². The number of Topliss-reactive ketones (excluding diaryl/α,β-unsaturated/α-hetero) is 1. The molecule has 1 amide bonds. The predicted molar refractivity (Wildman–Crippen MR) is 114 cm³/mol. The average Bonchev–Trinajstić information content (AvgIpc) is 3.28. The molecular weight excluding hydrogens is 445 g/mol. The fraction of sp³-hybridized carbons (Fsp3) is 0.143. The van der Waals surface area contributed by atoms with Gasteiger partial charge in [0.05, 0.1) is 24.3 Å². The highest BCUT2D eigenvalue weighted by Gasteiger charge is 2.48. The van der Waals surface area contributed by atoms with Gasteiger partial charge in [0.2, 0.25) is 5.13 Å². The molecule has 3 aromatic rings. The third-order valence-corrected chi connectivity index (χ3v) is 5.82. The number of anilines is 1. The zero-order chi connectivity index (χ0) is 22.3. The standard InChI is InChI=1S/C21H15ClFN3O4S/c1-10-24-25-21(31-10)26-17(11-4-3-5-12(22)8-11)16(19(28)20(26)29)18(27)14-9-13(23)6-7-15(14)30-2/h3-9,17,27H,1-2H3/t17-/m0/s1. The predicted octanol–water partition coefficient (Wildman–Crippen LogP) is 4.27. The number of halogens is 2. The maximum atomic E-state index is 13.9. The van der Waals surface area contributed by atoms with Gasteiger partial charge in [0.1, 0.15) is 22.3 Å². The number of ketones is 1. The van der Waals surface area contributed by atoms with Crippen molar-refractivity contribution in [3.05, 3.63) is 75.0 Å². The van der Waals surface area contributed by atoms with E-state index >= 15 is 0 Å². The number of aromatic nitrogens is 2. The average molecular weight is 460 g/mol. The Bertz CT molecular complexity index is 1240. The molecule has 4 rings (SSSR count). The number of aryl methyl sites for hydroxylation is 1. The van der Waals surface area contributed by atoms with E-state index in [9.17, 15) is 19.1 Å². The Balaban J connectivity index is 1.99. The smallest absolute Gasteiger partial charge is 0.301 e. The van der Waals surface area contributed by atoms with Gasteiger partial charge in [0, 0.05) is 5.02 Å². The molecule has 2 heterocycles. The number of aliphatic hydroxyl groups is 1. The number of nitrogens with zero attached hydrogens (tertiary/aromatic N) is 3. The van der Waals surface area contributed by atoms with Gasteiger partial charge in [-0.15, -0.1) is 10.2 Å². The van der Waals surface area contributed by atoms with Crippen LogP contribution in [0.3, 0.4) is 0 Å². The second-order valence-electron chi connectivity index (χ2n) is 6.67. The minimum Gasteiger partial charge on any atom is -0.507 e. The Morgan fingerprint density at radius 2 is 2.00 bits per heavy atom. The van der Waals surface area contributed by atoms with Crippen LogP contribution in [0.25, 0.3) is 5.76 Å². The van der Waals surface area contributed by atoms with Crippen molar-refractivity contribution < 1.29 is 23.8 Å². The minimum absolute atomic E-state index is 0.0547. The first-order chi connectivity index (χ1) is 14.8. The summed E-state index contributed by atoms with van der Waals surface area (Å²) in [4.78, 5) is 27.2. The van der Waals surface area contributed by atoms with Crippen molar-refractivity contribution in [2.75, 3.05) is 12.0 Å². The van der Waals surface area contributed by atoms with Crippen LogP contribution in [0.15, 0.2) is 48.0 Å². The number of amides is 1. The zero-order valence-corrected chi connectivity index (χ0v) is 17.9. The van der Waals surface area contributed by atoms with Crippen LogP contribution in [0.4, 0.5) is 9.52 Å². The number of methoxy groups -OCH3 is 1. The van der Waals surface area contributed by atoms with Crippen LogP contribution in [0.1, 0.15) is 22.2 Å². The van der Waals surface area contributed by atoms with Gasteiger partial charge in [-0.2, -0.15) is 0 Å². The van der Waals surface area contributed by atoms with Gasteiger partial charge in [0.15, 0.2) is 0 Å². The lowest BCUT2D eigenvalue weighted by Crippen LogP contribution is -2.29. The van der Waals surface area contributed by atoms with Crippen molar-refractivity contribution >= 4 is 45.5 Å². The highest BCUT2D eigenvalue weighted by Crippen LogP contribution is 2.44. The van der Waals surface area contributed by atoms with Gasteiger partial charge in [-0.25, -0.2) is 4.39 Å². The number of ether oxygens (including phenoxy) is 1. The summed E-state index contributed by atoms with van der Waals surface area (Å²) in [5, 5.41) is 20.2. The van der Waals surface area contributed by atoms with Gasteiger partial charge in [-0.1, -0.05) is 35.1 Å². The summed E-state index contributed by atoms with van der Waals surface area (Å²) >= 11 is 7.27. The summed E-state index contributed by atoms with van der Waals surface area (Å²) in [5.74, 6) is -2.90. The molecule has 7 nitrogen and oxygen atoms in total. The van der Waals surface area contributed by atoms with Crippen molar-refractivity contribution in [3.63, 3.8) is 0 Å². The number of hydrogen-bond donors (Lipinski definition) is 1. The molecule has 1 aromatic heterocycles. The first-order valence-corrected chi connectivity index (χ1v) is 10.2. The molecule has 0 aliphatic carbocycles. The van der Waals surface area contributed by atoms with Crippen LogP contribution in [-0.4, -0.2) is 34.1 Å². The third-order valence-electron chi connectivity index (χ3n) is 4.75. The van der Waals surface area contributed by atoms with E-state index in [-0.39, 0.29) is 22.0 Å². The van der Waals surface area contributed by atoms with E-state index in [4.69, 9.17) is 16.3 Å². The number of rotatable bonds is 4. The zero-order valence-electron chi connectivity index (χ0n) is 16.3. The molecule has 0 bridgehead atoms. The molecule has 1 aliphatic rings. The quantitative estimate of drug-likeness (QED) is 0.356. The molecule has 1 fully saturated rings. The summed E-state index contributed by atoms with van der Waals surface area (Å²) in [5.41, 5.74) is 0.182. The number of benzene rings is 2. The molecule has 1 atom stereocenters. The Hall–Kier alpha value is -3.30. The first-order valence-electron chi connectivity index (χ1n) is 9.02. The van der Waals surface area contributed by atoms with Crippen LogP contribution < -0.4 is 9.64 Å². The molecule has 31 heavy (non-hydrogen) atoms. The molecule has 0 unspecified atom stereocenters. The van der Waals surface area contributed by atoms with Crippen molar-refractivity contribution in [1.29, 1.82) is 0 Å². The van der Waals surface area contributed by atoms with Crippen molar-refractivity contribution in [3.8, 4) is 5.75 Å². The van der Waals surface area contributed by atoms with Crippen LogP contribution >= 0.6 is 22.9 Å². The third kappa shape index (κ3) is 3.66. The highest BCUT2D eigenvalue weighted by atomic mass is 35.5. The summed E-state index contributed by atoms with van der Waals surface area (Å²) in [6, 6.07) is 9.02. The van der Waals surface area contributed by atoms with Crippen molar-refractivity contribution in [1.82, 2.24) is 10.2 Å². The molecule has 2 aromatic carbocycles. The number of hydrogen-bond acceptors (Lipinski definition) is 7. The van der Waals surface area contributed by atoms with Crippen molar-refractivity contribution in [2.45, 2.75) is 13.0 Å². The summed E-state index contributed by atoms with van der Waals surface area (Å²) < 4.78 is 19.1. The van der Waals surface area contributed by atoms with E-state index in [2.05, 4.69) is 10.2 Å². The summed E-state index contributed by atoms with van der Waals surface area (Å²) in [7, 11) is 1.35. The second kappa shape index (κ2) is 8.09. The van der Waals surface area contributed by atoms with Gasteiger partial charge < -0.3 is 9.84 Å². The summed E-state index contributed by atoms with van der Waals surface area (Å²) in [6.07, 6.45) is 0. The van der Waals surface area contributed by atoms with Gasteiger partial charge in [-0.05, 0) is 42.8 Å². The molecule has 158 valence electrons. The molecular formula is C21H15ClFN3O4S. The SMILES string of the molecule is COc1ccc(F)cc1C(O)=C1C(=O)C(=O)N(c2nnc(C)s2)[C@H]1c1cccc(Cl)c1. The van der Waals surface area contributed by atoms with Crippen molar-refractivity contribution in [2.24, 2.45) is 0 Å². The minimum atomic E-state index is -1.04. The Kier molecular flexibility index (Phi) is 5.47. The van der Waals surface area contributed by atoms with E-state index in [0.717, 1.165) is 28.4 Å². The Morgan fingerprint density at radius 3 is 2.65 bits per heavy atom. The Morgan fingerprint density at radius 1 is 1.23 bits per heavy atom. The molecule has 10 heteroatoms. The topological polar surface area (TPSA) is 92.6 Å². The van der Waals surface area contributed by atoms with Crippen LogP contribution in [0, 0.1) is 12.7 Å². The largest absolute Gasteiger partial charge is 0.507 e. The second-order valence-corrected chi connectivity index (χ2v) is 8.27. The van der Waals surface area contributed by atoms with E-state index in [0.29, 0.717) is 15.6 Å². The van der Waals surface area contributed by atoms with Gasteiger partial charge in [0.25, 0.3) is 5.78 Å². The molecule has 1 N–H and O–H groups in total. The fourth-order valence-corrected chi connectivity index (χ4v) is 4.33. The van der Waals surface area contributed by atoms with Crippen LogP contribution in [0.2, 0.25) is 5.02 Å². The lowest BCUT2D eigenvalue weighted by molar-refractivity contribution is -0.132. The van der Waals surface area contributed by atoms with Gasteiger partial charge >= 0.3 is 5.91 Å². The molecule has 0 spiro atoms. The first kappa shape index (κ1) is 21.0. The highest BCUT2D eigenvalue weighted by molar-refractivity contribution is 7.15. The molecule has 0 saturated carbocycles.